The van der Waals surface area contributed by atoms with Gasteiger partial charge in [0.25, 0.3) is 0 Å². The Balaban J connectivity index is 3.68. The lowest BCUT2D eigenvalue weighted by Crippen LogP contribution is -2.33. The molecular weight excluding hydrogens is 604 g/mol. The van der Waals surface area contributed by atoms with Crippen molar-refractivity contribution in [2.75, 3.05) is 19.7 Å². The van der Waals surface area contributed by atoms with Crippen LogP contribution in [0.15, 0.2) is 0 Å². The number of carbonyl (C=O) groups is 2. The van der Waals surface area contributed by atoms with Gasteiger partial charge in [0.1, 0.15) is 0 Å². The van der Waals surface area contributed by atoms with E-state index in [1.165, 1.54) is 167 Å². The standard InChI is InChI=1S/C44H88N2O3/c1-4-6-8-10-12-14-16-18-20-22-24-26-28-30-32-34-42(48)45-39-36-44(3,38-41-47)37-40-46-43(49)35-33-31-29-27-25-23-21-19-17-15-13-11-9-7-5-2/h47H,4-41H2,1-3H3,(H,45,48)(H,46,49). The van der Waals surface area contributed by atoms with E-state index in [2.05, 4.69) is 31.4 Å². The molecule has 5 nitrogen and oxygen atoms in total. The molecule has 292 valence electrons. The highest BCUT2D eigenvalue weighted by Crippen LogP contribution is 2.29. The van der Waals surface area contributed by atoms with E-state index in [1.54, 1.807) is 0 Å². The Bertz CT molecular complexity index is 646. The molecule has 0 heterocycles. The Hall–Kier alpha value is -1.10. The van der Waals surface area contributed by atoms with Crippen molar-refractivity contribution in [1.29, 1.82) is 0 Å². The first-order valence-electron chi connectivity index (χ1n) is 22.1. The zero-order valence-electron chi connectivity index (χ0n) is 33.6. The number of nitrogens with one attached hydrogen (secondary N) is 2. The van der Waals surface area contributed by atoms with Crippen LogP contribution in [0.5, 0.6) is 0 Å². The van der Waals surface area contributed by atoms with Crippen molar-refractivity contribution >= 4 is 11.8 Å². The van der Waals surface area contributed by atoms with Crippen LogP contribution in [-0.2, 0) is 9.59 Å². The second-order valence-corrected chi connectivity index (χ2v) is 15.9. The third-order valence-corrected chi connectivity index (χ3v) is 10.8. The topological polar surface area (TPSA) is 78.4 Å². The van der Waals surface area contributed by atoms with Crippen LogP contribution in [0.25, 0.3) is 0 Å². The third-order valence-electron chi connectivity index (χ3n) is 10.8. The normalized spacial score (nSPS) is 11.7. The summed E-state index contributed by atoms with van der Waals surface area (Å²) < 4.78 is 0. The highest BCUT2D eigenvalue weighted by atomic mass is 16.3. The molecule has 0 aromatic heterocycles. The van der Waals surface area contributed by atoms with Crippen molar-refractivity contribution in [1.82, 2.24) is 10.6 Å². The minimum absolute atomic E-state index is 0.0847. The quantitative estimate of drug-likeness (QED) is 0.0559. The van der Waals surface area contributed by atoms with Crippen molar-refractivity contribution in [3.8, 4) is 0 Å². The van der Waals surface area contributed by atoms with Crippen molar-refractivity contribution in [3.63, 3.8) is 0 Å². The fourth-order valence-electron chi connectivity index (χ4n) is 7.14. The summed E-state index contributed by atoms with van der Waals surface area (Å²) in [4.78, 5) is 24.8. The fourth-order valence-corrected chi connectivity index (χ4v) is 7.14. The number of amides is 2. The zero-order chi connectivity index (χ0) is 35.9. The van der Waals surface area contributed by atoms with E-state index in [1.807, 2.05) is 0 Å². The maximum Gasteiger partial charge on any atom is 0.219 e. The largest absolute Gasteiger partial charge is 0.396 e. The predicted molar refractivity (Wildman–Crippen MR) is 214 cm³/mol. The van der Waals surface area contributed by atoms with Crippen molar-refractivity contribution in [3.05, 3.63) is 0 Å². The van der Waals surface area contributed by atoms with Crippen molar-refractivity contribution in [2.45, 2.75) is 245 Å². The minimum Gasteiger partial charge on any atom is -0.396 e. The lowest BCUT2D eigenvalue weighted by Gasteiger charge is -2.29. The Kier molecular flexibility index (Phi) is 37.3. The van der Waals surface area contributed by atoms with Gasteiger partial charge in [-0.05, 0) is 37.5 Å². The second-order valence-electron chi connectivity index (χ2n) is 15.9. The summed E-state index contributed by atoms with van der Waals surface area (Å²) in [6.07, 6.45) is 43.6. The van der Waals surface area contributed by atoms with Crippen LogP contribution in [0.1, 0.15) is 245 Å². The minimum atomic E-state index is -0.0847. The highest BCUT2D eigenvalue weighted by Gasteiger charge is 2.23. The fraction of sp³-hybridized carbons (Fsp3) is 0.955. The number of hydrogen-bond acceptors (Lipinski definition) is 3. The van der Waals surface area contributed by atoms with Gasteiger partial charge in [0.05, 0.1) is 0 Å². The summed E-state index contributed by atoms with van der Waals surface area (Å²) in [7, 11) is 0. The van der Waals surface area contributed by atoms with Gasteiger partial charge in [-0.25, -0.2) is 0 Å². The van der Waals surface area contributed by atoms with E-state index in [9.17, 15) is 14.7 Å². The molecule has 0 aromatic carbocycles. The van der Waals surface area contributed by atoms with Gasteiger partial charge in [-0.2, -0.15) is 0 Å². The first kappa shape index (κ1) is 47.9. The molecule has 3 N–H and O–H groups in total. The van der Waals surface area contributed by atoms with Crippen LogP contribution < -0.4 is 10.6 Å². The molecule has 0 spiro atoms. The van der Waals surface area contributed by atoms with Gasteiger partial charge in [0, 0.05) is 32.5 Å². The number of carbonyl (C=O) groups excluding carboxylic acids is 2. The van der Waals surface area contributed by atoms with E-state index in [-0.39, 0.29) is 23.8 Å². The van der Waals surface area contributed by atoms with E-state index in [4.69, 9.17) is 0 Å². The third kappa shape index (κ3) is 36.5. The Morgan fingerprint density at radius 1 is 0.408 bits per heavy atom. The molecule has 0 unspecified atom stereocenters. The molecule has 49 heavy (non-hydrogen) atoms. The van der Waals surface area contributed by atoms with Crippen LogP contribution in [0.3, 0.4) is 0 Å². The van der Waals surface area contributed by atoms with Crippen molar-refractivity contribution in [2.24, 2.45) is 5.41 Å². The summed E-state index contributed by atoms with van der Waals surface area (Å²) in [5, 5.41) is 15.9. The van der Waals surface area contributed by atoms with Crippen LogP contribution in [0, 0.1) is 5.41 Å². The molecule has 0 bridgehead atoms. The molecule has 5 heteroatoms. The molecule has 0 fully saturated rings. The van der Waals surface area contributed by atoms with E-state index in [0.717, 1.165) is 38.5 Å². The number of rotatable bonds is 40. The molecule has 0 aliphatic rings. The highest BCUT2D eigenvalue weighted by molar-refractivity contribution is 5.76. The van der Waals surface area contributed by atoms with Crippen LogP contribution in [-0.4, -0.2) is 36.6 Å². The Morgan fingerprint density at radius 3 is 0.898 bits per heavy atom. The lowest BCUT2D eigenvalue weighted by atomic mass is 9.80. The molecule has 0 atom stereocenters. The molecule has 0 rings (SSSR count). The SMILES string of the molecule is CCCCCCCCCCCCCCCCCC(=O)NCCC(C)(CCO)CCNC(=O)CCCCCCCCCCCCCCCCC. The average Bonchev–Trinajstić information content (AvgIpc) is 3.08. The number of aliphatic hydroxyl groups excluding tert-OH is 1. The summed E-state index contributed by atoms with van der Waals surface area (Å²) in [5.74, 6) is 0.302. The molecule has 0 aliphatic heterocycles. The molecule has 0 aromatic rings. The van der Waals surface area contributed by atoms with Crippen LogP contribution >= 0.6 is 0 Å². The summed E-state index contributed by atoms with van der Waals surface area (Å²) >= 11 is 0. The van der Waals surface area contributed by atoms with Gasteiger partial charge in [-0.3, -0.25) is 9.59 Å². The molecule has 0 radical (unpaired) electrons. The summed E-state index contributed by atoms with van der Waals surface area (Å²) in [6, 6.07) is 0. The van der Waals surface area contributed by atoms with Crippen LogP contribution in [0.2, 0.25) is 0 Å². The monoisotopic (exact) mass is 693 g/mol. The first-order valence-corrected chi connectivity index (χ1v) is 22.1. The summed E-state index contributed by atoms with van der Waals surface area (Å²) in [5.41, 5.74) is -0.0847. The molecule has 0 aliphatic carbocycles. The molecule has 0 saturated heterocycles. The van der Waals surface area contributed by atoms with E-state index in [0.29, 0.717) is 32.4 Å². The van der Waals surface area contributed by atoms with Gasteiger partial charge in [-0.1, -0.05) is 201 Å². The maximum atomic E-state index is 12.4. The average molecular weight is 693 g/mol. The van der Waals surface area contributed by atoms with E-state index >= 15 is 0 Å². The first-order chi connectivity index (χ1) is 24.0. The second kappa shape index (κ2) is 38.1. The van der Waals surface area contributed by atoms with Gasteiger partial charge in [-0.15, -0.1) is 0 Å². The number of hydrogen-bond donors (Lipinski definition) is 3. The summed E-state index contributed by atoms with van der Waals surface area (Å²) in [6.45, 7) is 8.15. The maximum absolute atomic E-state index is 12.4. The van der Waals surface area contributed by atoms with Gasteiger partial charge >= 0.3 is 0 Å². The molecular formula is C44H88N2O3. The van der Waals surface area contributed by atoms with Gasteiger partial charge in [0.2, 0.25) is 11.8 Å². The number of unbranched alkanes of at least 4 members (excludes halogenated alkanes) is 28. The predicted octanol–water partition coefficient (Wildman–Crippen LogP) is 12.9. The van der Waals surface area contributed by atoms with Crippen LogP contribution in [0.4, 0.5) is 0 Å². The Labute approximate surface area is 307 Å². The molecule has 2 amide bonds. The Morgan fingerprint density at radius 2 is 0.653 bits per heavy atom. The molecule has 0 saturated carbocycles. The lowest BCUT2D eigenvalue weighted by molar-refractivity contribution is -0.121. The van der Waals surface area contributed by atoms with Gasteiger partial charge < -0.3 is 15.7 Å². The van der Waals surface area contributed by atoms with Crippen molar-refractivity contribution < 1.29 is 14.7 Å². The number of aliphatic hydroxyl groups is 1. The van der Waals surface area contributed by atoms with E-state index < -0.39 is 0 Å². The van der Waals surface area contributed by atoms with Gasteiger partial charge in [0.15, 0.2) is 0 Å². The smallest absolute Gasteiger partial charge is 0.219 e. The zero-order valence-corrected chi connectivity index (χ0v) is 33.6.